The zero-order valence-corrected chi connectivity index (χ0v) is 20.4. The van der Waals surface area contributed by atoms with E-state index < -0.39 is 17.5 Å². The van der Waals surface area contributed by atoms with E-state index in [-0.39, 0.29) is 17.5 Å². The molecule has 38 heavy (non-hydrogen) atoms. The van der Waals surface area contributed by atoms with Gasteiger partial charge in [-0.2, -0.15) is 4.39 Å². The summed E-state index contributed by atoms with van der Waals surface area (Å²) in [5.41, 5.74) is 7.57. The molecule has 3 aliphatic heterocycles. The number of nitrogens with zero attached hydrogens (tertiary/aromatic N) is 4. The molecule has 2 aromatic heterocycles. The number of nitrogens with one attached hydrogen (secondary N) is 1. The Hall–Kier alpha value is -4.58. The molecule has 6 rings (SSSR count). The summed E-state index contributed by atoms with van der Waals surface area (Å²) >= 11 is 0. The van der Waals surface area contributed by atoms with Gasteiger partial charge in [-0.25, -0.2) is 19.9 Å². The molecule has 0 bridgehead atoms. The van der Waals surface area contributed by atoms with Crippen molar-refractivity contribution in [1.82, 2.24) is 15.0 Å². The van der Waals surface area contributed by atoms with E-state index in [1.165, 1.54) is 19.5 Å². The van der Waals surface area contributed by atoms with Crippen molar-refractivity contribution in [2.24, 2.45) is 10.7 Å². The standard InChI is InChI=1S/C26H23FN6O5/c1-35-21-12-30-19(11-31-21)24(34)32-15-4-5-20-16(9-15)26(6-7-29-25(28)38-26)17-10-18(14-3-2-8-36-13-14)33-23(27)22(17)37-20/h3-5,9-12H,2,6-8,13H2,1H3,(H2,28,29)(H,32,34)/t26-/m0/s1. The van der Waals surface area contributed by atoms with Crippen LogP contribution in [0.5, 0.6) is 17.4 Å². The normalized spacial score (nSPS) is 19.7. The highest BCUT2D eigenvalue weighted by Gasteiger charge is 2.48. The van der Waals surface area contributed by atoms with E-state index in [1.54, 1.807) is 24.3 Å². The number of pyridine rings is 1. The molecular formula is C26H23FN6O5. The summed E-state index contributed by atoms with van der Waals surface area (Å²) in [5.74, 6) is -0.645. The highest BCUT2D eigenvalue weighted by molar-refractivity contribution is 6.02. The predicted octanol–water partition coefficient (Wildman–Crippen LogP) is 3.16. The minimum Gasteiger partial charge on any atom is -0.480 e. The number of fused-ring (bicyclic) bond motifs is 4. The first-order chi connectivity index (χ1) is 18.5. The molecule has 0 unspecified atom stereocenters. The molecule has 12 heteroatoms. The Bertz CT molecular complexity index is 1490. The Labute approximate surface area is 216 Å². The molecule has 0 radical (unpaired) electrons. The minimum absolute atomic E-state index is 0.0306. The molecule has 0 fully saturated rings. The SMILES string of the molecule is COc1cnc(C(=O)Nc2ccc3c(c2)[C@@]2(CCN=C(N)O2)c2cc(C4=CCCOC4)nc(F)c2O3)cn1. The number of carbonyl (C=O) groups excluding carboxylic acids is 1. The highest BCUT2D eigenvalue weighted by Crippen LogP contribution is 2.53. The van der Waals surface area contributed by atoms with E-state index in [9.17, 15) is 4.79 Å². The molecule has 0 saturated carbocycles. The Morgan fingerprint density at radius 1 is 1.21 bits per heavy atom. The van der Waals surface area contributed by atoms with Crippen LogP contribution in [0.15, 0.2) is 47.7 Å². The highest BCUT2D eigenvalue weighted by atomic mass is 19.1. The second-order valence-electron chi connectivity index (χ2n) is 8.86. The number of hydrogen-bond donors (Lipinski definition) is 2. The third kappa shape index (κ3) is 4.08. The molecule has 1 spiro atoms. The van der Waals surface area contributed by atoms with Crippen LogP contribution in [0.1, 0.15) is 40.2 Å². The number of benzene rings is 1. The molecule has 0 saturated heterocycles. The quantitative estimate of drug-likeness (QED) is 0.498. The lowest BCUT2D eigenvalue weighted by Gasteiger charge is -2.41. The van der Waals surface area contributed by atoms with E-state index in [1.807, 2.05) is 6.08 Å². The number of nitrogens with two attached hydrogens (primary N) is 1. The van der Waals surface area contributed by atoms with Gasteiger partial charge in [-0.3, -0.25) is 4.79 Å². The topological polar surface area (TPSA) is 143 Å². The summed E-state index contributed by atoms with van der Waals surface area (Å²) in [4.78, 5) is 29.3. The smallest absolute Gasteiger partial charge is 0.283 e. The van der Waals surface area contributed by atoms with E-state index in [0.717, 1.165) is 5.57 Å². The summed E-state index contributed by atoms with van der Waals surface area (Å²) in [5, 5.41) is 2.81. The van der Waals surface area contributed by atoms with E-state index in [0.29, 0.717) is 66.7 Å². The third-order valence-electron chi connectivity index (χ3n) is 6.57. The second kappa shape index (κ2) is 9.38. The van der Waals surface area contributed by atoms with Gasteiger partial charge in [-0.1, -0.05) is 6.08 Å². The van der Waals surface area contributed by atoms with Crippen molar-refractivity contribution in [3.05, 3.63) is 71.2 Å². The first-order valence-electron chi connectivity index (χ1n) is 11.9. The largest absolute Gasteiger partial charge is 0.480 e. The molecule has 3 aliphatic rings. The monoisotopic (exact) mass is 518 g/mol. The van der Waals surface area contributed by atoms with Gasteiger partial charge in [0.05, 0.1) is 38.4 Å². The van der Waals surface area contributed by atoms with Gasteiger partial charge in [0.15, 0.2) is 11.4 Å². The van der Waals surface area contributed by atoms with Crippen molar-refractivity contribution < 1.29 is 28.1 Å². The van der Waals surface area contributed by atoms with E-state index in [2.05, 4.69) is 25.3 Å². The van der Waals surface area contributed by atoms with Crippen LogP contribution >= 0.6 is 0 Å². The van der Waals surface area contributed by atoms with Crippen LogP contribution in [-0.4, -0.2) is 53.7 Å². The summed E-state index contributed by atoms with van der Waals surface area (Å²) in [6, 6.07) is 6.70. The molecule has 0 aliphatic carbocycles. The lowest BCUT2D eigenvalue weighted by atomic mass is 9.79. The summed E-state index contributed by atoms with van der Waals surface area (Å²) < 4.78 is 38.1. The molecule has 5 heterocycles. The number of rotatable bonds is 4. The molecule has 3 N–H and O–H groups in total. The van der Waals surface area contributed by atoms with Crippen molar-refractivity contribution in [2.45, 2.75) is 18.4 Å². The van der Waals surface area contributed by atoms with E-state index in [4.69, 9.17) is 24.7 Å². The van der Waals surface area contributed by atoms with Crippen LogP contribution in [0.2, 0.25) is 0 Å². The fourth-order valence-electron chi connectivity index (χ4n) is 4.77. The van der Waals surface area contributed by atoms with Crippen molar-refractivity contribution >= 4 is 23.2 Å². The molecule has 1 amide bonds. The van der Waals surface area contributed by atoms with Crippen molar-refractivity contribution in [3.63, 3.8) is 0 Å². The maximum Gasteiger partial charge on any atom is 0.283 e. The van der Waals surface area contributed by atoms with Crippen LogP contribution in [0, 0.1) is 5.95 Å². The van der Waals surface area contributed by atoms with Gasteiger partial charge in [0.2, 0.25) is 5.88 Å². The average molecular weight is 519 g/mol. The third-order valence-corrected chi connectivity index (χ3v) is 6.57. The van der Waals surface area contributed by atoms with Gasteiger partial charge in [0.25, 0.3) is 17.9 Å². The maximum atomic E-state index is 15.4. The van der Waals surface area contributed by atoms with Crippen molar-refractivity contribution in [1.29, 1.82) is 0 Å². The van der Waals surface area contributed by atoms with Crippen LogP contribution in [0.25, 0.3) is 5.57 Å². The second-order valence-corrected chi connectivity index (χ2v) is 8.86. The van der Waals surface area contributed by atoms with Crippen LogP contribution in [0.4, 0.5) is 10.1 Å². The number of methoxy groups -OCH3 is 1. The van der Waals surface area contributed by atoms with E-state index >= 15 is 4.39 Å². The van der Waals surface area contributed by atoms with Crippen LogP contribution < -0.4 is 20.5 Å². The number of amides is 1. The van der Waals surface area contributed by atoms with Gasteiger partial charge in [0, 0.05) is 29.8 Å². The predicted molar refractivity (Wildman–Crippen MR) is 134 cm³/mol. The lowest BCUT2D eigenvalue weighted by molar-refractivity contribution is 0.0623. The summed E-state index contributed by atoms with van der Waals surface area (Å²) in [6.07, 6.45) is 5.71. The van der Waals surface area contributed by atoms with Gasteiger partial charge in [-0.05, 0) is 36.3 Å². The Kier molecular flexibility index (Phi) is 5.87. The van der Waals surface area contributed by atoms with Crippen molar-refractivity contribution in [2.75, 3.05) is 32.2 Å². The maximum absolute atomic E-state index is 15.4. The number of hydrogen-bond acceptors (Lipinski definition) is 10. The number of aliphatic imine (C=N–C) groups is 1. The molecular weight excluding hydrogens is 495 g/mol. The van der Waals surface area contributed by atoms with Gasteiger partial charge < -0.3 is 30.0 Å². The number of amidine groups is 1. The molecule has 194 valence electrons. The zero-order chi connectivity index (χ0) is 26.3. The first kappa shape index (κ1) is 23.8. The molecule has 11 nitrogen and oxygen atoms in total. The molecule has 1 aromatic carbocycles. The Balaban J connectivity index is 1.42. The van der Waals surface area contributed by atoms with Crippen LogP contribution in [-0.2, 0) is 15.1 Å². The molecule has 3 aromatic rings. The first-order valence-corrected chi connectivity index (χ1v) is 11.9. The van der Waals surface area contributed by atoms with Gasteiger partial charge >= 0.3 is 0 Å². The minimum atomic E-state index is -1.22. The average Bonchev–Trinajstić information content (AvgIpc) is 2.94. The Morgan fingerprint density at radius 2 is 2.11 bits per heavy atom. The summed E-state index contributed by atoms with van der Waals surface area (Å²) in [7, 11) is 1.46. The fourth-order valence-corrected chi connectivity index (χ4v) is 4.77. The number of anilines is 1. The summed E-state index contributed by atoms with van der Waals surface area (Å²) in [6.45, 7) is 1.27. The Morgan fingerprint density at radius 3 is 2.84 bits per heavy atom. The zero-order valence-electron chi connectivity index (χ0n) is 20.4. The number of carbonyl (C=O) groups is 1. The number of halogens is 1. The number of aromatic nitrogens is 3. The lowest BCUT2D eigenvalue weighted by Crippen LogP contribution is -2.43. The van der Waals surface area contributed by atoms with Gasteiger partial charge in [0.1, 0.15) is 11.4 Å². The van der Waals surface area contributed by atoms with Crippen LogP contribution in [0.3, 0.4) is 0 Å². The fraction of sp³-hybridized carbons (Fsp3) is 0.269. The van der Waals surface area contributed by atoms with Crippen molar-refractivity contribution in [3.8, 4) is 17.4 Å². The van der Waals surface area contributed by atoms with Gasteiger partial charge in [-0.15, -0.1) is 0 Å². The number of ether oxygens (including phenoxy) is 4. The molecule has 1 atom stereocenters.